The van der Waals surface area contributed by atoms with Crippen LogP contribution in [0.15, 0.2) is 119 Å². The molecule has 4 aromatic carbocycles. The van der Waals surface area contributed by atoms with Gasteiger partial charge in [0.15, 0.2) is 0 Å². The van der Waals surface area contributed by atoms with Crippen molar-refractivity contribution in [3.05, 3.63) is 125 Å². The fourth-order valence-electron chi connectivity index (χ4n) is 3.18. The molecule has 4 aromatic rings. The van der Waals surface area contributed by atoms with Gasteiger partial charge in [0, 0.05) is 34.0 Å². The second-order valence-electron chi connectivity index (χ2n) is 6.74. The molecule has 0 aliphatic carbocycles. The molecule has 0 amide bonds. The molecule has 2 nitrogen and oxygen atoms in total. The summed E-state index contributed by atoms with van der Waals surface area (Å²) in [5.74, 6) is 0. The zero-order chi connectivity index (χ0) is 20.1. The van der Waals surface area contributed by atoms with E-state index in [2.05, 4.69) is 101 Å². The Morgan fingerprint density at radius 2 is 1.07 bits per heavy atom. The summed E-state index contributed by atoms with van der Waals surface area (Å²) < 4.78 is 1.08. The first kappa shape index (κ1) is 19.2. The van der Waals surface area contributed by atoms with Crippen LogP contribution in [0.3, 0.4) is 0 Å². The molecule has 0 aliphatic heterocycles. The number of aliphatic imine (C=N–C) groups is 1. The minimum absolute atomic E-state index is 0.931. The average Bonchev–Trinajstić information content (AvgIpc) is 2.79. The quantitative estimate of drug-likeness (QED) is 0.295. The van der Waals surface area contributed by atoms with Crippen molar-refractivity contribution in [2.24, 2.45) is 4.99 Å². The number of halogens is 1. The van der Waals surface area contributed by atoms with Crippen molar-refractivity contribution in [2.45, 2.75) is 0 Å². The smallest absolute Gasteiger partial charge is 0.0781 e. The van der Waals surface area contributed by atoms with Crippen LogP contribution >= 0.6 is 15.9 Å². The Bertz CT molecular complexity index is 1050. The molecule has 3 heteroatoms. The van der Waals surface area contributed by atoms with Crippen LogP contribution in [0, 0.1) is 0 Å². The summed E-state index contributed by atoms with van der Waals surface area (Å²) in [6, 6.07) is 37.3. The first-order valence-electron chi connectivity index (χ1n) is 9.49. The van der Waals surface area contributed by atoms with Gasteiger partial charge in [-0.2, -0.15) is 0 Å². The van der Waals surface area contributed by atoms with Gasteiger partial charge >= 0.3 is 0 Å². The molecule has 142 valence electrons. The van der Waals surface area contributed by atoms with E-state index in [1.807, 2.05) is 36.4 Å². The fraction of sp³-hybridized carbons (Fsp3) is 0.0385. The van der Waals surface area contributed by atoms with Gasteiger partial charge in [-0.25, -0.2) is 4.99 Å². The number of anilines is 2. The minimum Gasteiger partial charge on any atom is -0.345 e. The normalized spacial score (nSPS) is 10.4. The third kappa shape index (κ3) is 4.64. The zero-order valence-electron chi connectivity index (χ0n) is 16.2. The number of hydrogen-bond donors (Lipinski definition) is 0. The molecule has 0 heterocycles. The summed E-state index contributed by atoms with van der Waals surface area (Å²) in [7, 11) is 2.07. The van der Waals surface area contributed by atoms with E-state index < -0.39 is 0 Å². The summed E-state index contributed by atoms with van der Waals surface area (Å²) in [6.45, 7) is 0. The molecule has 0 spiro atoms. The van der Waals surface area contributed by atoms with Crippen molar-refractivity contribution in [1.29, 1.82) is 0 Å². The van der Waals surface area contributed by atoms with Crippen molar-refractivity contribution in [1.82, 2.24) is 0 Å². The van der Waals surface area contributed by atoms with Crippen molar-refractivity contribution < 1.29 is 0 Å². The van der Waals surface area contributed by atoms with Crippen LogP contribution in [0.5, 0.6) is 0 Å². The third-order valence-corrected chi connectivity index (χ3v) is 5.31. The van der Waals surface area contributed by atoms with Crippen LogP contribution < -0.4 is 4.90 Å². The fourth-order valence-corrected chi connectivity index (χ4v) is 3.45. The molecule has 0 fully saturated rings. The lowest BCUT2D eigenvalue weighted by molar-refractivity contribution is 1.21. The molecule has 0 unspecified atom stereocenters. The van der Waals surface area contributed by atoms with Gasteiger partial charge in [0.05, 0.1) is 11.4 Å². The Kier molecular flexibility index (Phi) is 5.87. The topological polar surface area (TPSA) is 15.6 Å². The van der Waals surface area contributed by atoms with E-state index in [1.165, 1.54) is 0 Å². The maximum Gasteiger partial charge on any atom is 0.0781 e. The Labute approximate surface area is 180 Å². The summed E-state index contributed by atoms with van der Waals surface area (Å²) in [5.41, 5.74) is 6.37. The average molecular weight is 441 g/mol. The Morgan fingerprint density at radius 3 is 1.55 bits per heavy atom. The highest BCUT2D eigenvalue weighted by molar-refractivity contribution is 9.10. The van der Waals surface area contributed by atoms with E-state index in [9.17, 15) is 0 Å². The summed E-state index contributed by atoms with van der Waals surface area (Å²) >= 11 is 3.49. The predicted octanol–water partition coefficient (Wildman–Crippen LogP) is 7.39. The van der Waals surface area contributed by atoms with Crippen LogP contribution in [-0.2, 0) is 0 Å². The maximum absolute atomic E-state index is 4.98. The molecular formula is C26H21BrN2. The van der Waals surface area contributed by atoms with Crippen LogP contribution in [-0.4, -0.2) is 12.8 Å². The van der Waals surface area contributed by atoms with E-state index >= 15 is 0 Å². The second-order valence-corrected chi connectivity index (χ2v) is 7.66. The van der Waals surface area contributed by atoms with Crippen molar-refractivity contribution in [2.75, 3.05) is 11.9 Å². The van der Waals surface area contributed by atoms with Gasteiger partial charge in [0.1, 0.15) is 0 Å². The molecule has 0 atom stereocenters. The van der Waals surface area contributed by atoms with Crippen LogP contribution in [0.1, 0.15) is 11.1 Å². The van der Waals surface area contributed by atoms with Gasteiger partial charge in [-0.3, -0.25) is 0 Å². The van der Waals surface area contributed by atoms with Crippen molar-refractivity contribution >= 4 is 38.7 Å². The van der Waals surface area contributed by atoms with Gasteiger partial charge < -0.3 is 4.90 Å². The van der Waals surface area contributed by atoms with Gasteiger partial charge in [0.2, 0.25) is 0 Å². The third-order valence-electron chi connectivity index (χ3n) is 4.79. The molecular weight excluding hydrogens is 420 g/mol. The minimum atomic E-state index is 0.931. The lowest BCUT2D eigenvalue weighted by Crippen LogP contribution is -2.08. The number of rotatable bonds is 5. The number of benzene rings is 4. The zero-order valence-corrected chi connectivity index (χ0v) is 17.8. The monoisotopic (exact) mass is 440 g/mol. The van der Waals surface area contributed by atoms with Gasteiger partial charge in [-0.1, -0.05) is 76.6 Å². The van der Waals surface area contributed by atoms with Crippen LogP contribution in [0.25, 0.3) is 0 Å². The largest absolute Gasteiger partial charge is 0.345 e. The van der Waals surface area contributed by atoms with Crippen molar-refractivity contribution in [3.8, 4) is 0 Å². The second kappa shape index (κ2) is 8.89. The molecule has 29 heavy (non-hydrogen) atoms. The maximum atomic E-state index is 4.98. The summed E-state index contributed by atoms with van der Waals surface area (Å²) in [5, 5.41) is 0. The summed E-state index contributed by atoms with van der Waals surface area (Å²) in [4.78, 5) is 7.14. The van der Waals surface area contributed by atoms with E-state index in [0.29, 0.717) is 0 Å². The standard InChI is InChI=1S/C26H21BrN2/c1-29(24-16-12-22(27)13-17-24)25-18-14-23(15-19-25)28-26(20-8-4-2-5-9-20)21-10-6-3-7-11-21/h2-19H,1H3. The first-order chi connectivity index (χ1) is 14.2. The van der Waals surface area contributed by atoms with Gasteiger partial charge in [0.25, 0.3) is 0 Å². The molecule has 0 bridgehead atoms. The van der Waals surface area contributed by atoms with E-state index in [-0.39, 0.29) is 0 Å². The predicted molar refractivity (Wildman–Crippen MR) is 127 cm³/mol. The molecule has 0 saturated heterocycles. The Morgan fingerprint density at radius 1 is 0.621 bits per heavy atom. The SMILES string of the molecule is CN(c1ccc(Br)cc1)c1ccc(N=C(c2ccccc2)c2ccccc2)cc1. The molecule has 0 radical (unpaired) electrons. The molecule has 4 rings (SSSR count). The number of nitrogens with zero attached hydrogens (tertiary/aromatic N) is 2. The van der Waals surface area contributed by atoms with E-state index in [1.54, 1.807) is 0 Å². The highest BCUT2D eigenvalue weighted by Crippen LogP contribution is 2.27. The number of hydrogen-bond acceptors (Lipinski definition) is 2. The van der Waals surface area contributed by atoms with Crippen LogP contribution in [0.2, 0.25) is 0 Å². The Balaban J connectivity index is 1.66. The highest BCUT2D eigenvalue weighted by atomic mass is 79.9. The van der Waals surface area contributed by atoms with Crippen LogP contribution in [0.4, 0.5) is 17.1 Å². The molecule has 0 saturated carbocycles. The first-order valence-corrected chi connectivity index (χ1v) is 10.3. The Hall–Kier alpha value is -3.17. The van der Waals surface area contributed by atoms with E-state index in [0.717, 1.165) is 38.4 Å². The van der Waals surface area contributed by atoms with Crippen molar-refractivity contribution in [3.63, 3.8) is 0 Å². The van der Waals surface area contributed by atoms with Gasteiger partial charge in [-0.15, -0.1) is 0 Å². The van der Waals surface area contributed by atoms with Gasteiger partial charge in [-0.05, 0) is 48.5 Å². The molecule has 0 aliphatic rings. The van der Waals surface area contributed by atoms with E-state index in [4.69, 9.17) is 4.99 Å². The molecule has 0 aromatic heterocycles. The summed E-state index contributed by atoms with van der Waals surface area (Å²) in [6.07, 6.45) is 0. The lowest BCUT2D eigenvalue weighted by atomic mass is 10.0. The highest BCUT2D eigenvalue weighted by Gasteiger charge is 2.08. The molecule has 0 N–H and O–H groups in total. The lowest BCUT2D eigenvalue weighted by Gasteiger charge is -2.19.